The molecule has 2 heterocycles. The average molecular weight is 438 g/mol. The van der Waals surface area contributed by atoms with E-state index in [2.05, 4.69) is 28.8 Å². The van der Waals surface area contributed by atoms with Gasteiger partial charge in [-0.25, -0.2) is 0 Å². The molecule has 0 aromatic heterocycles. The summed E-state index contributed by atoms with van der Waals surface area (Å²) in [4.78, 5) is 19.0. The van der Waals surface area contributed by atoms with E-state index in [0.29, 0.717) is 15.2 Å². The van der Waals surface area contributed by atoms with Gasteiger partial charge in [0, 0.05) is 24.3 Å². The Balaban J connectivity index is 1.62. The molecule has 0 aliphatic carbocycles. The number of carbonyl (C=O) groups excluding carboxylic acids is 1. The lowest BCUT2D eigenvalue weighted by Crippen LogP contribution is -2.35. The molecule has 0 bridgehead atoms. The van der Waals surface area contributed by atoms with E-state index in [0.717, 1.165) is 29.9 Å². The Morgan fingerprint density at radius 1 is 1.13 bits per heavy atom. The summed E-state index contributed by atoms with van der Waals surface area (Å²) in [6, 6.07) is 15.3. The van der Waals surface area contributed by atoms with Gasteiger partial charge in [0.2, 0.25) is 5.17 Å². The summed E-state index contributed by atoms with van der Waals surface area (Å²) >= 11 is 7.51. The minimum atomic E-state index is -0.442. The lowest BCUT2D eigenvalue weighted by atomic mass is 10.1. The quantitative estimate of drug-likeness (QED) is 0.678. The van der Waals surface area contributed by atoms with Crippen LogP contribution in [0.2, 0.25) is 5.02 Å². The maximum absolute atomic E-state index is 12.6. The lowest BCUT2D eigenvalue weighted by molar-refractivity contribution is -0.114. The van der Waals surface area contributed by atoms with Gasteiger partial charge in [0.05, 0.1) is 10.6 Å². The summed E-state index contributed by atoms with van der Waals surface area (Å²) in [6.45, 7) is 6.08. The number of thioether (sulfide) groups is 1. The van der Waals surface area contributed by atoms with Crippen molar-refractivity contribution < 1.29 is 4.79 Å². The SMILES string of the molecule is CCN(CC)c1ccc(/C=C2/C(=N)N3N=C(c4ccccc4Cl)SC3=NC2=O)cc1. The van der Waals surface area contributed by atoms with Crippen LogP contribution in [0, 0.1) is 5.41 Å². The number of nitrogens with zero attached hydrogens (tertiary/aromatic N) is 4. The van der Waals surface area contributed by atoms with Crippen LogP contribution in [-0.2, 0) is 4.79 Å². The first-order valence-corrected chi connectivity index (χ1v) is 10.8. The zero-order valence-electron chi connectivity index (χ0n) is 16.6. The maximum atomic E-state index is 12.6. The van der Waals surface area contributed by atoms with Gasteiger partial charge in [0.1, 0.15) is 5.04 Å². The predicted molar refractivity (Wildman–Crippen MR) is 126 cm³/mol. The fourth-order valence-electron chi connectivity index (χ4n) is 3.27. The minimum absolute atomic E-state index is 0.00683. The molecule has 4 rings (SSSR count). The van der Waals surface area contributed by atoms with Gasteiger partial charge in [-0.15, -0.1) is 0 Å². The molecule has 2 aliphatic heterocycles. The number of rotatable bonds is 5. The Morgan fingerprint density at radius 2 is 1.83 bits per heavy atom. The number of carbonyl (C=O) groups is 1. The van der Waals surface area contributed by atoms with Crippen molar-refractivity contribution in [2.45, 2.75) is 13.8 Å². The molecule has 0 fully saturated rings. The van der Waals surface area contributed by atoms with Crippen LogP contribution in [0.15, 0.2) is 64.2 Å². The highest BCUT2D eigenvalue weighted by Crippen LogP contribution is 2.33. The molecule has 6 nitrogen and oxygen atoms in total. The summed E-state index contributed by atoms with van der Waals surface area (Å²) in [5, 5.41) is 15.9. The summed E-state index contributed by atoms with van der Waals surface area (Å²) in [5.74, 6) is -0.436. The van der Waals surface area contributed by atoms with Gasteiger partial charge in [-0.2, -0.15) is 15.1 Å². The van der Waals surface area contributed by atoms with Crippen molar-refractivity contribution >= 4 is 57.1 Å². The number of fused-ring (bicyclic) bond motifs is 1. The molecule has 152 valence electrons. The molecule has 0 spiro atoms. The van der Waals surface area contributed by atoms with Crippen LogP contribution in [0.3, 0.4) is 0 Å². The monoisotopic (exact) mass is 437 g/mol. The van der Waals surface area contributed by atoms with E-state index in [1.165, 1.54) is 16.8 Å². The third kappa shape index (κ3) is 3.78. The van der Waals surface area contributed by atoms with Gasteiger partial charge in [-0.3, -0.25) is 10.2 Å². The third-order valence-electron chi connectivity index (χ3n) is 4.89. The molecule has 8 heteroatoms. The second-order valence-corrected chi connectivity index (χ2v) is 8.03. The van der Waals surface area contributed by atoms with Gasteiger partial charge in [-0.1, -0.05) is 41.9 Å². The molecule has 30 heavy (non-hydrogen) atoms. The summed E-state index contributed by atoms with van der Waals surface area (Å²) in [5.41, 5.74) is 2.91. The van der Waals surface area contributed by atoms with Crippen LogP contribution in [0.4, 0.5) is 5.69 Å². The number of anilines is 1. The first-order valence-electron chi connectivity index (χ1n) is 9.62. The van der Waals surface area contributed by atoms with Crippen LogP contribution in [0.1, 0.15) is 25.0 Å². The smallest absolute Gasteiger partial charge is 0.283 e. The number of aliphatic imine (C=N–C) groups is 1. The molecule has 2 aliphatic rings. The minimum Gasteiger partial charge on any atom is -0.372 e. The number of hydrogen-bond acceptors (Lipinski definition) is 5. The van der Waals surface area contributed by atoms with Crippen molar-refractivity contribution in [2.24, 2.45) is 10.1 Å². The summed E-state index contributed by atoms with van der Waals surface area (Å²) in [6.07, 6.45) is 1.69. The highest BCUT2D eigenvalue weighted by Gasteiger charge is 2.36. The highest BCUT2D eigenvalue weighted by atomic mass is 35.5. The molecular weight excluding hydrogens is 418 g/mol. The molecule has 2 aromatic carbocycles. The molecule has 1 N–H and O–H groups in total. The Morgan fingerprint density at radius 3 is 2.50 bits per heavy atom. The highest BCUT2D eigenvalue weighted by molar-refractivity contribution is 8.27. The fraction of sp³-hybridized carbons (Fsp3) is 0.182. The number of nitrogens with one attached hydrogen (secondary N) is 1. The van der Waals surface area contributed by atoms with Crippen molar-refractivity contribution in [3.8, 4) is 0 Å². The van der Waals surface area contributed by atoms with E-state index in [1.807, 2.05) is 42.5 Å². The van der Waals surface area contributed by atoms with Crippen LogP contribution >= 0.6 is 23.4 Å². The second-order valence-electron chi connectivity index (χ2n) is 6.67. The zero-order valence-corrected chi connectivity index (χ0v) is 18.2. The first-order chi connectivity index (χ1) is 14.5. The number of benzene rings is 2. The van der Waals surface area contributed by atoms with Crippen molar-refractivity contribution in [1.29, 1.82) is 5.41 Å². The van der Waals surface area contributed by atoms with Crippen LogP contribution in [-0.4, -0.2) is 40.1 Å². The molecule has 0 saturated heterocycles. The van der Waals surface area contributed by atoms with Gasteiger partial charge >= 0.3 is 0 Å². The molecule has 0 saturated carbocycles. The van der Waals surface area contributed by atoms with Gasteiger partial charge in [0.25, 0.3) is 5.91 Å². The van der Waals surface area contributed by atoms with E-state index in [9.17, 15) is 4.79 Å². The molecule has 1 amide bonds. The lowest BCUT2D eigenvalue weighted by Gasteiger charge is -2.21. The standard InChI is InChI=1S/C22H20ClN5OS/c1-3-27(4-2)15-11-9-14(10-12-15)13-17-19(24)28-22(25-20(17)29)30-21(26-28)16-7-5-6-8-18(16)23/h5-13,24H,3-4H2,1-2H3/b17-13-,24-19?. The first kappa shape index (κ1) is 20.4. The largest absolute Gasteiger partial charge is 0.372 e. The molecule has 0 radical (unpaired) electrons. The van der Waals surface area contributed by atoms with E-state index >= 15 is 0 Å². The van der Waals surface area contributed by atoms with E-state index in [4.69, 9.17) is 17.0 Å². The number of amides is 1. The van der Waals surface area contributed by atoms with Gasteiger partial charge in [0.15, 0.2) is 5.84 Å². The van der Waals surface area contributed by atoms with E-state index in [1.54, 1.807) is 12.1 Å². The molecule has 0 unspecified atom stereocenters. The topological polar surface area (TPSA) is 72.1 Å². The van der Waals surface area contributed by atoms with Crippen LogP contribution in [0.25, 0.3) is 6.08 Å². The molecule has 0 atom stereocenters. The number of amidine groups is 2. The Bertz CT molecular complexity index is 1100. The van der Waals surface area contributed by atoms with E-state index in [-0.39, 0.29) is 11.4 Å². The number of halogens is 1. The number of hydrazone groups is 1. The normalized spacial score (nSPS) is 17.2. The van der Waals surface area contributed by atoms with Crippen molar-refractivity contribution in [2.75, 3.05) is 18.0 Å². The van der Waals surface area contributed by atoms with Crippen molar-refractivity contribution in [1.82, 2.24) is 5.01 Å². The Labute approximate surface area is 184 Å². The van der Waals surface area contributed by atoms with E-state index < -0.39 is 5.91 Å². The number of hydrogen-bond donors (Lipinski definition) is 1. The molecular formula is C22H20ClN5OS. The fourth-order valence-corrected chi connectivity index (χ4v) is 4.48. The third-order valence-corrected chi connectivity index (χ3v) is 6.16. The Hall–Kier alpha value is -2.90. The van der Waals surface area contributed by atoms with Crippen LogP contribution in [0.5, 0.6) is 0 Å². The average Bonchev–Trinajstić information content (AvgIpc) is 3.17. The predicted octanol–water partition coefficient (Wildman–Crippen LogP) is 4.85. The molecule has 2 aromatic rings. The van der Waals surface area contributed by atoms with Crippen molar-refractivity contribution in [3.05, 3.63) is 70.3 Å². The maximum Gasteiger partial charge on any atom is 0.283 e. The van der Waals surface area contributed by atoms with Gasteiger partial charge in [-0.05, 0) is 55.4 Å². The summed E-state index contributed by atoms with van der Waals surface area (Å²) < 4.78 is 0. The van der Waals surface area contributed by atoms with Crippen LogP contribution < -0.4 is 4.90 Å². The second kappa shape index (κ2) is 8.45. The summed E-state index contributed by atoms with van der Waals surface area (Å²) in [7, 11) is 0. The van der Waals surface area contributed by atoms with Crippen molar-refractivity contribution in [3.63, 3.8) is 0 Å². The van der Waals surface area contributed by atoms with Gasteiger partial charge < -0.3 is 4.90 Å². The zero-order chi connectivity index (χ0) is 21.3. The Kier molecular flexibility index (Phi) is 5.74.